The van der Waals surface area contributed by atoms with Crippen LogP contribution in [0.1, 0.15) is 48.5 Å². The number of nitrogens with one attached hydrogen (secondary N) is 2. The first-order valence-electron chi connectivity index (χ1n) is 7.88. The summed E-state index contributed by atoms with van der Waals surface area (Å²) >= 11 is 0. The molecule has 1 aromatic rings. The van der Waals surface area contributed by atoms with E-state index in [1.54, 1.807) is 0 Å². The van der Waals surface area contributed by atoms with Gasteiger partial charge in [-0.15, -0.1) is 0 Å². The zero-order chi connectivity index (χ0) is 15.2. The van der Waals surface area contributed by atoms with Crippen LogP contribution in [0.5, 0.6) is 0 Å². The van der Waals surface area contributed by atoms with Gasteiger partial charge in [-0.3, -0.25) is 4.79 Å². The van der Waals surface area contributed by atoms with E-state index in [1.165, 1.54) is 25.7 Å². The Bertz CT molecular complexity index is 482. The second-order valence-corrected chi connectivity index (χ2v) is 5.94. The van der Waals surface area contributed by atoms with E-state index in [0.717, 1.165) is 17.2 Å². The van der Waals surface area contributed by atoms with Gasteiger partial charge < -0.3 is 15.7 Å². The van der Waals surface area contributed by atoms with Crippen LogP contribution in [0.4, 0.5) is 5.69 Å². The summed E-state index contributed by atoms with van der Waals surface area (Å²) in [5, 5.41) is 15.1. The summed E-state index contributed by atoms with van der Waals surface area (Å²) in [5.74, 6) is 0.606. The first-order valence-corrected chi connectivity index (χ1v) is 7.88. The van der Waals surface area contributed by atoms with Crippen LogP contribution >= 0.6 is 0 Å². The lowest BCUT2D eigenvalue weighted by atomic mass is 9.98. The summed E-state index contributed by atoms with van der Waals surface area (Å²) in [5.41, 5.74) is 2.68. The van der Waals surface area contributed by atoms with Crippen LogP contribution in [0.3, 0.4) is 0 Å². The van der Waals surface area contributed by atoms with Gasteiger partial charge in [-0.25, -0.2) is 0 Å². The highest BCUT2D eigenvalue weighted by molar-refractivity contribution is 5.97. The van der Waals surface area contributed by atoms with Crippen molar-refractivity contribution < 1.29 is 9.90 Å². The highest BCUT2D eigenvalue weighted by Gasteiger charge is 2.22. The number of carbonyl (C=O) groups excluding carboxylic acids is 1. The summed E-state index contributed by atoms with van der Waals surface area (Å²) in [7, 11) is 0. The van der Waals surface area contributed by atoms with Crippen LogP contribution < -0.4 is 10.6 Å². The molecule has 1 atom stereocenters. The van der Waals surface area contributed by atoms with Crippen molar-refractivity contribution >= 4 is 11.6 Å². The zero-order valence-electron chi connectivity index (χ0n) is 13.0. The van der Waals surface area contributed by atoms with Gasteiger partial charge in [0.25, 0.3) is 5.91 Å². The van der Waals surface area contributed by atoms with E-state index in [1.807, 2.05) is 25.1 Å². The minimum Gasteiger partial charge on any atom is -0.395 e. The zero-order valence-corrected chi connectivity index (χ0v) is 13.0. The maximum Gasteiger partial charge on any atom is 0.251 e. The molecule has 4 nitrogen and oxygen atoms in total. The number of hydrogen-bond donors (Lipinski definition) is 3. The third kappa shape index (κ3) is 3.97. The largest absolute Gasteiger partial charge is 0.395 e. The van der Waals surface area contributed by atoms with Gasteiger partial charge in [0.1, 0.15) is 0 Å². The molecule has 21 heavy (non-hydrogen) atoms. The normalized spacial score (nSPS) is 16.7. The van der Waals surface area contributed by atoms with E-state index in [0.29, 0.717) is 11.6 Å². The van der Waals surface area contributed by atoms with E-state index in [2.05, 4.69) is 17.6 Å². The van der Waals surface area contributed by atoms with Crippen molar-refractivity contribution in [2.24, 2.45) is 5.92 Å². The number of rotatable bonds is 6. The number of amides is 1. The molecule has 1 unspecified atom stereocenters. The summed E-state index contributed by atoms with van der Waals surface area (Å²) < 4.78 is 0. The molecule has 0 aliphatic heterocycles. The van der Waals surface area contributed by atoms with Crippen LogP contribution in [0.25, 0.3) is 0 Å². The molecule has 0 heterocycles. The molecule has 0 spiro atoms. The first-order chi connectivity index (χ1) is 10.1. The van der Waals surface area contributed by atoms with Gasteiger partial charge in [0.2, 0.25) is 0 Å². The Labute approximate surface area is 126 Å². The van der Waals surface area contributed by atoms with E-state index in [4.69, 9.17) is 5.11 Å². The van der Waals surface area contributed by atoms with Gasteiger partial charge in [-0.05, 0) is 50.3 Å². The van der Waals surface area contributed by atoms with E-state index >= 15 is 0 Å². The molecule has 1 aromatic carbocycles. The number of aliphatic hydroxyl groups excluding tert-OH is 1. The fourth-order valence-corrected chi connectivity index (χ4v) is 3.12. The molecule has 2 rings (SSSR count). The molecule has 116 valence electrons. The van der Waals surface area contributed by atoms with Crippen molar-refractivity contribution in [1.29, 1.82) is 0 Å². The molecule has 1 aliphatic carbocycles. The van der Waals surface area contributed by atoms with Crippen molar-refractivity contribution in [2.45, 2.75) is 45.6 Å². The summed E-state index contributed by atoms with van der Waals surface area (Å²) in [6.07, 6.45) is 5.26. The van der Waals surface area contributed by atoms with E-state index in [-0.39, 0.29) is 19.1 Å². The second kappa shape index (κ2) is 7.46. The number of benzene rings is 1. The molecule has 1 aliphatic rings. The summed E-state index contributed by atoms with van der Waals surface area (Å²) in [4.78, 5) is 12.1. The van der Waals surface area contributed by atoms with E-state index in [9.17, 15) is 4.79 Å². The lowest BCUT2D eigenvalue weighted by Crippen LogP contribution is -2.28. The molecule has 0 bridgehead atoms. The number of anilines is 1. The Morgan fingerprint density at radius 3 is 2.76 bits per heavy atom. The topological polar surface area (TPSA) is 61.4 Å². The van der Waals surface area contributed by atoms with Crippen LogP contribution in [0, 0.1) is 12.8 Å². The Hall–Kier alpha value is -1.55. The molecule has 1 fully saturated rings. The Balaban J connectivity index is 2.07. The smallest absolute Gasteiger partial charge is 0.251 e. The average molecular weight is 290 g/mol. The lowest BCUT2D eigenvalue weighted by Gasteiger charge is -2.23. The van der Waals surface area contributed by atoms with Crippen LogP contribution in [-0.4, -0.2) is 30.2 Å². The lowest BCUT2D eigenvalue weighted by molar-refractivity contribution is 0.0944. The van der Waals surface area contributed by atoms with Gasteiger partial charge in [-0.2, -0.15) is 0 Å². The second-order valence-electron chi connectivity index (χ2n) is 5.94. The van der Waals surface area contributed by atoms with Gasteiger partial charge >= 0.3 is 0 Å². The van der Waals surface area contributed by atoms with Gasteiger partial charge in [-0.1, -0.05) is 18.9 Å². The van der Waals surface area contributed by atoms with Gasteiger partial charge in [0, 0.05) is 23.8 Å². The number of carbonyl (C=O) groups is 1. The number of aliphatic hydroxyl groups is 1. The maximum atomic E-state index is 12.1. The van der Waals surface area contributed by atoms with Crippen LogP contribution in [0.2, 0.25) is 0 Å². The Kier molecular flexibility index (Phi) is 5.62. The molecule has 0 radical (unpaired) electrons. The molecule has 3 N–H and O–H groups in total. The SMILES string of the molecule is Cc1c(NC(C)C2CCCC2)cccc1C(=O)NCCO. The average Bonchev–Trinajstić information content (AvgIpc) is 3.01. The fourth-order valence-electron chi connectivity index (χ4n) is 3.12. The van der Waals surface area contributed by atoms with Crippen molar-refractivity contribution in [3.63, 3.8) is 0 Å². The minimum atomic E-state index is -0.126. The Morgan fingerprint density at radius 1 is 1.38 bits per heavy atom. The monoisotopic (exact) mass is 290 g/mol. The number of hydrogen-bond acceptors (Lipinski definition) is 3. The third-order valence-corrected chi connectivity index (χ3v) is 4.47. The van der Waals surface area contributed by atoms with Crippen molar-refractivity contribution in [3.05, 3.63) is 29.3 Å². The molecule has 4 heteroatoms. The summed E-state index contributed by atoms with van der Waals surface area (Å²) in [6.45, 7) is 4.45. The standard InChI is InChI=1S/C17H26N2O2/c1-12-15(17(21)18-10-11-20)8-5-9-16(12)19-13(2)14-6-3-4-7-14/h5,8-9,13-14,19-20H,3-4,6-7,10-11H2,1-2H3,(H,18,21). The first kappa shape index (κ1) is 15.8. The molecule has 1 amide bonds. The van der Waals surface area contributed by atoms with Gasteiger partial charge in [0.05, 0.1) is 6.61 Å². The van der Waals surface area contributed by atoms with Crippen LogP contribution in [0.15, 0.2) is 18.2 Å². The quantitative estimate of drug-likeness (QED) is 0.755. The highest BCUT2D eigenvalue weighted by Crippen LogP contribution is 2.30. The molecular weight excluding hydrogens is 264 g/mol. The third-order valence-electron chi connectivity index (χ3n) is 4.47. The van der Waals surface area contributed by atoms with Crippen molar-refractivity contribution in [1.82, 2.24) is 5.32 Å². The molecule has 0 saturated heterocycles. The Morgan fingerprint density at radius 2 is 2.10 bits per heavy atom. The van der Waals surface area contributed by atoms with Gasteiger partial charge in [0.15, 0.2) is 0 Å². The van der Waals surface area contributed by atoms with E-state index < -0.39 is 0 Å². The fraction of sp³-hybridized carbons (Fsp3) is 0.588. The molecule has 0 aromatic heterocycles. The predicted octanol–water partition coefficient (Wildman–Crippen LogP) is 2.71. The molecule has 1 saturated carbocycles. The van der Waals surface area contributed by atoms with Crippen LogP contribution in [-0.2, 0) is 0 Å². The van der Waals surface area contributed by atoms with Crippen molar-refractivity contribution in [2.75, 3.05) is 18.5 Å². The predicted molar refractivity (Wildman–Crippen MR) is 85.6 cm³/mol. The maximum absolute atomic E-state index is 12.1. The summed E-state index contributed by atoms with van der Waals surface area (Å²) in [6, 6.07) is 6.20. The minimum absolute atomic E-state index is 0.0402. The van der Waals surface area contributed by atoms with Crippen molar-refractivity contribution in [3.8, 4) is 0 Å². The highest BCUT2D eigenvalue weighted by atomic mass is 16.3. The molecular formula is C17H26N2O2.